The maximum Gasteiger partial charge on any atom is 0.193 e. The van der Waals surface area contributed by atoms with Crippen LogP contribution in [0.2, 0.25) is 0 Å². The van der Waals surface area contributed by atoms with E-state index in [-0.39, 0.29) is 5.43 Å². The van der Waals surface area contributed by atoms with Gasteiger partial charge < -0.3 is 9.32 Å². The van der Waals surface area contributed by atoms with Crippen molar-refractivity contribution in [1.82, 2.24) is 4.98 Å². The minimum atomic E-state index is 0.00163. The van der Waals surface area contributed by atoms with Gasteiger partial charge in [-0.2, -0.15) is 0 Å². The predicted octanol–water partition coefficient (Wildman–Crippen LogP) is 3.82. The molecule has 4 rings (SSSR count). The molecule has 2 aromatic carbocycles. The summed E-state index contributed by atoms with van der Waals surface area (Å²) in [5, 5.41) is 1.52. The van der Waals surface area contributed by atoms with Gasteiger partial charge in [-0.1, -0.05) is 24.3 Å². The van der Waals surface area contributed by atoms with E-state index in [1.165, 1.54) is 0 Å². The Hall–Kier alpha value is -2.88. The van der Waals surface area contributed by atoms with Crippen LogP contribution >= 0.6 is 0 Å². The van der Waals surface area contributed by atoms with E-state index >= 15 is 0 Å². The molecule has 0 atom stereocenters. The van der Waals surface area contributed by atoms with E-state index < -0.39 is 0 Å². The van der Waals surface area contributed by atoms with Crippen LogP contribution in [0.1, 0.15) is 5.56 Å². The smallest absolute Gasteiger partial charge is 0.193 e. The van der Waals surface area contributed by atoms with E-state index in [4.69, 9.17) is 9.40 Å². The fourth-order valence-corrected chi connectivity index (χ4v) is 2.91. The lowest BCUT2D eigenvalue weighted by Gasteiger charge is -2.15. The molecule has 0 N–H and O–H groups in total. The SMILES string of the molecule is Cc1c2oc3cc(N(C)C)ccc3nc-2c2ccccc2c1=O. The summed E-state index contributed by atoms with van der Waals surface area (Å²) in [6.45, 7) is 1.80. The molecule has 0 unspecified atom stereocenters. The van der Waals surface area contributed by atoms with Gasteiger partial charge in [-0.3, -0.25) is 4.79 Å². The van der Waals surface area contributed by atoms with Crippen LogP contribution in [0.15, 0.2) is 51.7 Å². The number of nitrogens with zero attached hydrogens (tertiary/aromatic N) is 2. The molecule has 0 fully saturated rings. The number of benzene rings is 3. The Morgan fingerprint density at radius 2 is 1.78 bits per heavy atom. The predicted molar refractivity (Wildman–Crippen MR) is 93.5 cm³/mol. The number of hydrogen-bond donors (Lipinski definition) is 0. The molecule has 2 aliphatic rings. The first-order valence-electron chi connectivity index (χ1n) is 7.49. The van der Waals surface area contributed by atoms with Crippen LogP contribution in [0.5, 0.6) is 0 Å². The van der Waals surface area contributed by atoms with Gasteiger partial charge in [0.2, 0.25) is 0 Å². The van der Waals surface area contributed by atoms with Gasteiger partial charge in [0, 0.05) is 42.2 Å². The molecule has 1 heterocycles. The zero-order valence-electron chi connectivity index (χ0n) is 13.3. The molecule has 0 bridgehead atoms. The molecule has 0 radical (unpaired) electrons. The summed E-state index contributed by atoms with van der Waals surface area (Å²) in [6, 6.07) is 13.4. The Balaban J connectivity index is 2.18. The molecule has 4 nitrogen and oxygen atoms in total. The first kappa shape index (κ1) is 13.8. The normalized spacial score (nSPS) is 11.4. The standard InChI is InChI=1S/C19H16N2O2/c1-11-18(22)14-7-5-4-6-13(14)17-19(11)23-16-10-12(21(2)3)8-9-15(16)20-17/h4-10H,1-3H3. The number of hydrogen-bond acceptors (Lipinski definition) is 4. The van der Waals surface area contributed by atoms with E-state index in [1.54, 1.807) is 6.92 Å². The largest absolute Gasteiger partial charge is 0.452 e. The van der Waals surface area contributed by atoms with Gasteiger partial charge in [0.05, 0.1) is 0 Å². The van der Waals surface area contributed by atoms with E-state index in [0.717, 1.165) is 22.3 Å². The highest BCUT2D eigenvalue weighted by atomic mass is 16.3. The highest BCUT2D eigenvalue weighted by Crippen LogP contribution is 2.33. The van der Waals surface area contributed by atoms with Crippen LogP contribution < -0.4 is 10.3 Å². The van der Waals surface area contributed by atoms with Crippen molar-refractivity contribution in [2.24, 2.45) is 0 Å². The lowest BCUT2D eigenvalue weighted by molar-refractivity contribution is 0.609. The summed E-state index contributed by atoms with van der Waals surface area (Å²) in [4.78, 5) is 19.3. The maximum atomic E-state index is 12.6. The molecular weight excluding hydrogens is 288 g/mol. The van der Waals surface area contributed by atoms with Crippen molar-refractivity contribution < 1.29 is 4.42 Å². The summed E-state index contributed by atoms with van der Waals surface area (Å²) in [5.41, 5.74) is 3.84. The molecule has 1 aliphatic carbocycles. The van der Waals surface area contributed by atoms with E-state index in [0.29, 0.717) is 22.3 Å². The van der Waals surface area contributed by atoms with Crippen LogP contribution in [-0.4, -0.2) is 19.1 Å². The molecule has 0 amide bonds. The molecule has 0 aromatic heterocycles. The summed E-state index contributed by atoms with van der Waals surface area (Å²) >= 11 is 0. The van der Waals surface area contributed by atoms with Crippen molar-refractivity contribution in [3.8, 4) is 11.5 Å². The van der Waals surface area contributed by atoms with Gasteiger partial charge in [-0.15, -0.1) is 0 Å². The van der Waals surface area contributed by atoms with Crippen molar-refractivity contribution >= 4 is 27.6 Å². The average molecular weight is 304 g/mol. The van der Waals surface area contributed by atoms with Gasteiger partial charge in [0.15, 0.2) is 16.8 Å². The van der Waals surface area contributed by atoms with Crippen LogP contribution in [0.25, 0.3) is 33.3 Å². The second-order valence-electron chi connectivity index (χ2n) is 5.94. The van der Waals surface area contributed by atoms with Gasteiger partial charge in [-0.25, -0.2) is 4.98 Å². The monoisotopic (exact) mass is 304 g/mol. The van der Waals surface area contributed by atoms with Gasteiger partial charge >= 0.3 is 0 Å². The minimum absolute atomic E-state index is 0.00163. The Labute approximate surface area is 133 Å². The molecule has 4 heteroatoms. The molecule has 0 spiro atoms. The Bertz CT molecular complexity index is 1080. The fourth-order valence-electron chi connectivity index (χ4n) is 2.91. The summed E-state index contributed by atoms with van der Waals surface area (Å²) < 4.78 is 6.07. The average Bonchev–Trinajstić information content (AvgIpc) is 2.58. The lowest BCUT2D eigenvalue weighted by Crippen LogP contribution is -2.10. The molecule has 1 aliphatic heterocycles. The zero-order chi connectivity index (χ0) is 16.1. The lowest BCUT2D eigenvalue weighted by atomic mass is 10.0. The number of anilines is 1. The van der Waals surface area contributed by atoms with Crippen molar-refractivity contribution in [2.45, 2.75) is 6.92 Å². The van der Waals surface area contributed by atoms with E-state index in [9.17, 15) is 4.79 Å². The Morgan fingerprint density at radius 3 is 2.52 bits per heavy atom. The van der Waals surface area contributed by atoms with Gasteiger partial charge in [0.1, 0.15) is 11.2 Å². The third-order valence-corrected chi connectivity index (χ3v) is 4.23. The third kappa shape index (κ3) is 1.99. The summed E-state index contributed by atoms with van der Waals surface area (Å²) in [7, 11) is 3.95. The first-order chi connectivity index (χ1) is 11.1. The summed E-state index contributed by atoms with van der Waals surface area (Å²) in [6.07, 6.45) is 0. The van der Waals surface area contributed by atoms with Gasteiger partial charge in [0.25, 0.3) is 0 Å². The topological polar surface area (TPSA) is 46.3 Å². The van der Waals surface area contributed by atoms with Crippen LogP contribution in [0.4, 0.5) is 5.69 Å². The molecule has 2 aromatic rings. The summed E-state index contributed by atoms with van der Waals surface area (Å²) in [5.74, 6) is 0.567. The number of aromatic nitrogens is 1. The molecule has 23 heavy (non-hydrogen) atoms. The zero-order valence-corrected chi connectivity index (χ0v) is 13.3. The quantitative estimate of drug-likeness (QED) is 0.396. The molecule has 0 saturated heterocycles. The van der Waals surface area contributed by atoms with Crippen molar-refractivity contribution in [1.29, 1.82) is 0 Å². The van der Waals surface area contributed by atoms with Crippen LogP contribution in [0.3, 0.4) is 0 Å². The van der Waals surface area contributed by atoms with Crippen LogP contribution in [0, 0.1) is 6.92 Å². The highest BCUT2D eigenvalue weighted by Gasteiger charge is 2.19. The maximum absolute atomic E-state index is 12.6. The van der Waals surface area contributed by atoms with Crippen molar-refractivity contribution in [3.05, 3.63) is 58.3 Å². The third-order valence-electron chi connectivity index (χ3n) is 4.23. The molecule has 114 valence electrons. The number of rotatable bonds is 1. The van der Waals surface area contributed by atoms with E-state index in [2.05, 4.69) is 0 Å². The van der Waals surface area contributed by atoms with Gasteiger partial charge in [-0.05, 0) is 19.1 Å². The first-order valence-corrected chi connectivity index (χ1v) is 7.49. The van der Waals surface area contributed by atoms with Crippen molar-refractivity contribution in [3.63, 3.8) is 0 Å². The Kier molecular flexibility index (Phi) is 2.88. The molecular formula is C19H16N2O2. The van der Waals surface area contributed by atoms with Crippen LogP contribution in [-0.2, 0) is 0 Å². The Morgan fingerprint density at radius 1 is 1.04 bits per heavy atom. The number of fused-ring (bicyclic) bond motifs is 4. The minimum Gasteiger partial charge on any atom is -0.452 e. The fraction of sp³-hybridized carbons (Fsp3) is 0.158. The van der Waals surface area contributed by atoms with E-state index in [1.807, 2.05) is 61.5 Å². The highest BCUT2D eigenvalue weighted by molar-refractivity contribution is 5.97. The molecule has 0 saturated carbocycles. The second-order valence-corrected chi connectivity index (χ2v) is 5.94. The van der Waals surface area contributed by atoms with Crippen molar-refractivity contribution in [2.75, 3.05) is 19.0 Å². The second kappa shape index (κ2) is 4.81.